The van der Waals surface area contributed by atoms with E-state index in [1.54, 1.807) is 0 Å². The maximum Gasteiger partial charge on any atom is 0.446 e. The number of nitriles is 1. The molecule has 20 heavy (non-hydrogen) atoms. The van der Waals surface area contributed by atoms with Gasteiger partial charge < -0.3 is 4.74 Å². The lowest BCUT2D eigenvalue weighted by Gasteiger charge is -2.14. The fraction of sp³-hybridized carbons (Fsp3) is 0.273. The first-order valence-electron chi connectivity index (χ1n) is 4.90. The number of esters is 1. The van der Waals surface area contributed by atoms with Gasteiger partial charge in [-0.25, -0.2) is 13.6 Å². The highest BCUT2D eigenvalue weighted by Crippen LogP contribution is 2.42. The van der Waals surface area contributed by atoms with Crippen LogP contribution in [0.15, 0.2) is 17.0 Å². The topological polar surface area (TPSA) is 50.1 Å². The fourth-order valence-corrected chi connectivity index (χ4v) is 2.12. The summed E-state index contributed by atoms with van der Waals surface area (Å²) in [6.07, 6.45) is -3.33. The number of hydrogen-bond donors (Lipinski definition) is 0. The van der Waals surface area contributed by atoms with Crippen molar-refractivity contribution < 1.29 is 31.5 Å². The first kappa shape index (κ1) is 16.2. The van der Waals surface area contributed by atoms with Crippen molar-refractivity contribution in [2.75, 3.05) is 7.11 Å². The molecule has 0 aromatic heterocycles. The van der Waals surface area contributed by atoms with Crippen molar-refractivity contribution in [3.05, 3.63) is 28.8 Å². The van der Waals surface area contributed by atoms with Gasteiger partial charge in [0.1, 0.15) is 6.07 Å². The quantitative estimate of drug-likeness (QED) is 0.483. The molecule has 0 saturated carbocycles. The van der Waals surface area contributed by atoms with Crippen LogP contribution < -0.4 is 0 Å². The SMILES string of the molecule is COC(=O)c1ccc(SC(F)(F)F)c(C(F)F)c1C#N. The molecule has 0 bridgehead atoms. The normalized spacial score (nSPS) is 11.3. The van der Waals surface area contributed by atoms with Gasteiger partial charge in [-0.3, -0.25) is 0 Å². The Morgan fingerprint density at radius 1 is 1.40 bits per heavy atom. The van der Waals surface area contributed by atoms with Gasteiger partial charge in [0.05, 0.1) is 23.8 Å². The van der Waals surface area contributed by atoms with Crippen LogP contribution in [0.2, 0.25) is 0 Å². The van der Waals surface area contributed by atoms with E-state index < -0.39 is 51.3 Å². The van der Waals surface area contributed by atoms with E-state index in [0.29, 0.717) is 6.07 Å². The highest BCUT2D eigenvalue weighted by atomic mass is 32.2. The monoisotopic (exact) mass is 311 g/mol. The predicted molar refractivity (Wildman–Crippen MR) is 59.4 cm³/mol. The number of hydrogen-bond acceptors (Lipinski definition) is 4. The number of alkyl halides is 5. The summed E-state index contributed by atoms with van der Waals surface area (Å²) in [6, 6.07) is 2.89. The Morgan fingerprint density at radius 3 is 2.40 bits per heavy atom. The van der Waals surface area contributed by atoms with Crippen LogP contribution in [-0.2, 0) is 4.74 Å². The minimum Gasteiger partial charge on any atom is -0.465 e. The van der Waals surface area contributed by atoms with Gasteiger partial charge in [-0.1, -0.05) is 0 Å². The van der Waals surface area contributed by atoms with E-state index in [0.717, 1.165) is 13.2 Å². The molecule has 0 atom stereocenters. The molecular weight excluding hydrogens is 305 g/mol. The largest absolute Gasteiger partial charge is 0.465 e. The van der Waals surface area contributed by atoms with Crippen LogP contribution in [0.4, 0.5) is 22.0 Å². The molecule has 9 heteroatoms. The third kappa shape index (κ3) is 3.60. The Kier molecular flexibility index (Phi) is 4.94. The van der Waals surface area contributed by atoms with E-state index >= 15 is 0 Å². The van der Waals surface area contributed by atoms with Crippen molar-refractivity contribution in [1.29, 1.82) is 5.26 Å². The molecule has 0 heterocycles. The van der Waals surface area contributed by atoms with Crippen LogP contribution in [0.1, 0.15) is 27.9 Å². The summed E-state index contributed by atoms with van der Waals surface area (Å²) in [5.74, 6) is -1.08. The second kappa shape index (κ2) is 6.09. The molecule has 0 saturated heterocycles. The second-order valence-corrected chi connectivity index (χ2v) is 4.46. The number of carbonyl (C=O) groups is 1. The van der Waals surface area contributed by atoms with Crippen LogP contribution >= 0.6 is 11.8 Å². The smallest absolute Gasteiger partial charge is 0.446 e. The van der Waals surface area contributed by atoms with Crippen LogP contribution in [0.3, 0.4) is 0 Å². The van der Waals surface area contributed by atoms with Crippen molar-refractivity contribution in [3.8, 4) is 6.07 Å². The van der Waals surface area contributed by atoms with Gasteiger partial charge in [0.25, 0.3) is 6.43 Å². The number of thioether (sulfide) groups is 1. The molecule has 0 unspecified atom stereocenters. The van der Waals surface area contributed by atoms with Crippen molar-refractivity contribution in [1.82, 2.24) is 0 Å². The molecule has 0 N–H and O–H groups in total. The lowest BCUT2D eigenvalue weighted by atomic mass is 10.0. The van der Waals surface area contributed by atoms with E-state index in [9.17, 15) is 26.7 Å². The molecule has 1 aromatic rings. The molecule has 0 amide bonds. The molecule has 3 nitrogen and oxygen atoms in total. The van der Waals surface area contributed by atoms with Gasteiger partial charge in [0, 0.05) is 4.90 Å². The van der Waals surface area contributed by atoms with Gasteiger partial charge in [-0.15, -0.1) is 0 Å². The molecular formula is C11H6F5NO2S. The van der Waals surface area contributed by atoms with Crippen molar-refractivity contribution in [2.24, 2.45) is 0 Å². The highest BCUT2D eigenvalue weighted by Gasteiger charge is 2.34. The first-order valence-corrected chi connectivity index (χ1v) is 5.72. The maximum absolute atomic E-state index is 12.9. The molecule has 0 aliphatic rings. The zero-order chi connectivity index (χ0) is 15.5. The maximum atomic E-state index is 12.9. The van der Waals surface area contributed by atoms with Gasteiger partial charge in [-0.05, 0) is 23.9 Å². The highest BCUT2D eigenvalue weighted by molar-refractivity contribution is 8.00. The summed E-state index contributed by atoms with van der Waals surface area (Å²) in [7, 11) is 0.962. The third-order valence-corrected chi connectivity index (χ3v) is 2.97. The summed E-state index contributed by atoms with van der Waals surface area (Å²) in [4.78, 5) is 10.5. The Labute approximate surface area is 114 Å². The number of rotatable bonds is 3. The molecule has 0 radical (unpaired) electrons. The fourth-order valence-electron chi connectivity index (χ4n) is 1.43. The Morgan fingerprint density at radius 2 is 2.00 bits per heavy atom. The summed E-state index contributed by atoms with van der Waals surface area (Å²) in [6.45, 7) is 0. The van der Waals surface area contributed by atoms with E-state index in [2.05, 4.69) is 4.74 Å². The van der Waals surface area contributed by atoms with Crippen molar-refractivity contribution in [3.63, 3.8) is 0 Å². The summed E-state index contributed by atoms with van der Waals surface area (Å²) >= 11 is -0.770. The second-order valence-electron chi connectivity index (χ2n) is 3.35. The number of methoxy groups -OCH3 is 1. The minimum absolute atomic E-state index is 0.503. The van der Waals surface area contributed by atoms with Gasteiger partial charge in [-0.2, -0.15) is 18.4 Å². The van der Waals surface area contributed by atoms with Crippen LogP contribution in [0, 0.1) is 11.3 Å². The Bertz CT molecular complexity index is 565. The number of halogens is 5. The average Bonchev–Trinajstić information content (AvgIpc) is 2.34. The van der Waals surface area contributed by atoms with Crippen molar-refractivity contribution in [2.45, 2.75) is 16.8 Å². The zero-order valence-electron chi connectivity index (χ0n) is 9.79. The van der Waals surface area contributed by atoms with E-state index in [1.165, 1.54) is 6.07 Å². The van der Waals surface area contributed by atoms with Gasteiger partial charge in [0.2, 0.25) is 0 Å². The Hall–Kier alpha value is -1.82. The van der Waals surface area contributed by atoms with E-state index in [1.807, 2.05) is 0 Å². The molecule has 108 valence electrons. The summed E-state index contributed by atoms with van der Waals surface area (Å²) in [5, 5.41) is 8.83. The first-order chi connectivity index (χ1) is 9.21. The minimum atomic E-state index is -4.79. The van der Waals surface area contributed by atoms with E-state index in [4.69, 9.17) is 5.26 Å². The molecule has 1 aromatic carbocycles. The molecule has 0 fully saturated rings. The average molecular weight is 311 g/mol. The molecule has 0 aliphatic carbocycles. The van der Waals surface area contributed by atoms with Crippen LogP contribution in [-0.4, -0.2) is 18.6 Å². The van der Waals surface area contributed by atoms with Gasteiger partial charge >= 0.3 is 11.5 Å². The molecule has 0 spiro atoms. The number of carbonyl (C=O) groups excluding carboxylic acids is 1. The summed E-state index contributed by atoms with van der Waals surface area (Å²) in [5.41, 5.74) is -7.24. The van der Waals surface area contributed by atoms with E-state index in [-0.39, 0.29) is 0 Å². The zero-order valence-corrected chi connectivity index (χ0v) is 10.6. The third-order valence-electron chi connectivity index (χ3n) is 2.17. The molecule has 1 rings (SSSR count). The van der Waals surface area contributed by atoms with Crippen molar-refractivity contribution >= 4 is 17.7 Å². The van der Waals surface area contributed by atoms with Gasteiger partial charge in [0.15, 0.2) is 0 Å². The van der Waals surface area contributed by atoms with Crippen LogP contribution in [0.25, 0.3) is 0 Å². The lowest BCUT2D eigenvalue weighted by Crippen LogP contribution is -2.09. The lowest BCUT2D eigenvalue weighted by molar-refractivity contribution is -0.0329. The number of nitrogens with zero attached hydrogens (tertiary/aromatic N) is 1. The Balaban J connectivity index is 3.51. The predicted octanol–water partition coefficient (Wildman–Crippen LogP) is 3.89. The number of ether oxygens (including phenoxy) is 1. The standard InChI is InChI=1S/C11H6F5NO2S/c1-19-10(18)5-2-3-7(20-11(14,15)16)8(9(12)13)6(5)4-17/h2-3,9H,1H3. The van der Waals surface area contributed by atoms with Crippen LogP contribution in [0.5, 0.6) is 0 Å². The number of benzene rings is 1. The summed E-state index contributed by atoms with van der Waals surface area (Å²) < 4.78 is 67.0. The molecule has 0 aliphatic heterocycles.